The zero-order valence-corrected chi connectivity index (χ0v) is 11.6. The number of aliphatic hydroxyl groups is 2. The Balaban J connectivity index is 3.10. The highest BCUT2D eigenvalue weighted by molar-refractivity contribution is 7.80. The molecule has 0 radical (unpaired) electrons. The summed E-state index contributed by atoms with van der Waals surface area (Å²) in [6.45, 7) is -0.653. The van der Waals surface area contributed by atoms with Gasteiger partial charge in [-0.2, -0.15) is 10.2 Å². The van der Waals surface area contributed by atoms with Crippen LogP contribution < -0.4 is 22.3 Å². The van der Waals surface area contributed by atoms with E-state index in [2.05, 4.69) is 45.5 Å². The summed E-state index contributed by atoms with van der Waals surface area (Å²) in [6, 6.07) is 0. The van der Waals surface area contributed by atoms with Crippen LogP contribution in [0, 0.1) is 0 Å². The maximum Gasteiger partial charge on any atom is 0.361 e. The molecular formula is C8H12N6O4S2. The van der Waals surface area contributed by atoms with Crippen LogP contribution in [0.3, 0.4) is 0 Å². The lowest BCUT2D eigenvalue weighted by Crippen LogP contribution is -2.38. The van der Waals surface area contributed by atoms with Crippen LogP contribution in [0.25, 0.3) is 0 Å². The summed E-state index contributed by atoms with van der Waals surface area (Å²) in [7, 11) is 0. The molecule has 10 nitrogen and oxygen atoms in total. The zero-order chi connectivity index (χ0) is 15.3. The Labute approximate surface area is 123 Å². The van der Waals surface area contributed by atoms with E-state index in [1.54, 1.807) is 0 Å². The van der Waals surface area contributed by atoms with Crippen molar-refractivity contribution in [3.05, 3.63) is 0 Å². The van der Waals surface area contributed by atoms with Gasteiger partial charge in [-0.3, -0.25) is 10.9 Å². The predicted octanol–water partition coefficient (Wildman–Crippen LogP) is -3.36. The number of carbonyl (C=O) groups is 1. The van der Waals surface area contributed by atoms with Crippen LogP contribution in [-0.4, -0.2) is 56.6 Å². The number of rotatable bonds is 4. The van der Waals surface area contributed by atoms with Crippen LogP contribution >= 0.6 is 24.4 Å². The maximum atomic E-state index is 11.6. The van der Waals surface area contributed by atoms with Crippen molar-refractivity contribution in [2.24, 2.45) is 21.7 Å². The normalized spacial score (nSPS) is 23.5. The van der Waals surface area contributed by atoms with E-state index in [-0.39, 0.29) is 21.6 Å². The first kappa shape index (κ1) is 16.2. The molecule has 0 spiro atoms. The van der Waals surface area contributed by atoms with Gasteiger partial charge in [0.2, 0.25) is 0 Å². The van der Waals surface area contributed by atoms with E-state index >= 15 is 0 Å². The van der Waals surface area contributed by atoms with Crippen molar-refractivity contribution in [3.8, 4) is 0 Å². The van der Waals surface area contributed by atoms with Gasteiger partial charge in [-0.05, 0) is 24.4 Å². The van der Waals surface area contributed by atoms with Gasteiger partial charge >= 0.3 is 5.97 Å². The van der Waals surface area contributed by atoms with E-state index in [1.807, 2.05) is 0 Å². The molecule has 110 valence electrons. The number of carbonyl (C=O) groups excluding carboxylic acids is 1. The van der Waals surface area contributed by atoms with Gasteiger partial charge in [0.25, 0.3) is 0 Å². The lowest BCUT2D eigenvalue weighted by atomic mass is 10.1. The Morgan fingerprint density at radius 2 is 1.90 bits per heavy atom. The Kier molecular flexibility index (Phi) is 5.69. The van der Waals surface area contributed by atoms with Crippen molar-refractivity contribution in [2.75, 3.05) is 6.61 Å². The number of nitrogens with zero attached hydrogens (tertiary/aromatic N) is 2. The molecule has 1 saturated heterocycles. The lowest BCUT2D eigenvalue weighted by Gasteiger charge is -2.14. The SMILES string of the molecule is NC(=S)N/N=C1\C(=O)O[C@H]([C@@H](O)CO)\C1=N\NC(N)=S. The minimum Gasteiger partial charge on any atom is -0.448 e. The second-order valence-electron chi connectivity index (χ2n) is 3.49. The molecule has 1 fully saturated rings. The molecule has 0 bridgehead atoms. The number of hydrogen-bond acceptors (Lipinski definition) is 8. The highest BCUT2D eigenvalue weighted by Gasteiger charge is 2.42. The van der Waals surface area contributed by atoms with Gasteiger partial charge in [0.05, 0.1) is 6.61 Å². The third kappa shape index (κ3) is 4.06. The largest absolute Gasteiger partial charge is 0.448 e. The zero-order valence-electron chi connectivity index (χ0n) is 9.94. The minimum atomic E-state index is -1.39. The van der Waals surface area contributed by atoms with Gasteiger partial charge < -0.3 is 26.4 Å². The van der Waals surface area contributed by atoms with E-state index in [9.17, 15) is 9.90 Å². The van der Waals surface area contributed by atoms with Crippen molar-refractivity contribution >= 4 is 52.1 Å². The van der Waals surface area contributed by atoms with E-state index in [0.29, 0.717) is 0 Å². The van der Waals surface area contributed by atoms with E-state index in [4.69, 9.17) is 21.3 Å². The van der Waals surface area contributed by atoms with Crippen molar-refractivity contribution in [1.82, 2.24) is 10.9 Å². The average molecular weight is 320 g/mol. The molecule has 8 N–H and O–H groups in total. The number of nitrogens with one attached hydrogen (secondary N) is 2. The molecule has 0 aliphatic carbocycles. The monoisotopic (exact) mass is 320 g/mol. The molecule has 0 aromatic rings. The number of nitrogens with two attached hydrogens (primary N) is 2. The second-order valence-corrected chi connectivity index (χ2v) is 4.37. The predicted molar refractivity (Wildman–Crippen MR) is 77.7 cm³/mol. The maximum absolute atomic E-state index is 11.6. The molecule has 0 aromatic carbocycles. The quantitative estimate of drug-likeness (QED) is 0.175. The molecule has 1 aliphatic rings. The summed E-state index contributed by atoms with van der Waals surface area (Å²) in [5, 5.41) is 25.5. The standard InChI is InChI=1S/C8H12N6O4S2/c9-7(19)13-11-3-4(12-14-8(10)20)6(17)18-5(3)2(16)1-15/h2,5,15-16H,1H2,(H3,9,13,19)(H3,10,14,20)/b11-3+,12-4-/t2-,5+/m0/s1. The van der Waals surface area contributed by atoms with Crippen LogP contribution in [-0.2, 0) is 9.53 Å². The molecule has 0 aromatic heterocycles. The van der Waals surface area contributed by atoms with Crippen molar-refractivity contribution in [1.29, 1.82) is 0 Å². The summed E-state index contributed by atoms with van der Waals surface area (Å²) < 4.78 is 4.85. The molecule has 1 aliphatic heterocycles. The lowest BCUT2D eigenvalue weighted by molar-refractivity contribution is -0.140. The van der Waals surface area contributed by atoms with Crippen LogP contribution in [0.1, 0.15) is 0 Å². The Hall–Kier alpha value is -1.89. The molecule has 0 amide bonds. The number of thiocarbonyl (C=S) groups is 2. The topological polar surface area (TPSA) is 168 Å². The minimum absolute atomic E-state index is 0.104. The van der Waals surface area contributed by atoms with Crippen LogP contribution in [0.15, 0.2) is 10.2 Å². The number of hydrazone groups is 2. The first-order chi connectivity index (χ1) is 9.36. The molecule has 1 heterocycles. The van der Waals surface area contributed by atoms with Gasteiger partial charge in [0.15, 0.2) is 22.0 Å². The Morgan fingerprint density at radius 3 is 2.40 bits per heavy atom. The first-order valence-corrected chi connectivity index (χ1v) is 5.95. The molecule has 0 saturated carbocycles. The molecule has 20 heavy (non-hydrogen) atoms. The summed E-state index contributed by atoms with van der Waals surface area (Å²) in [5.41, 5.74) is 14.4. The Bertz CT molecular complexity index is 493. The number of ether oxygens (including phenoxy) is 1. The molecule has 12 heteroatoms. The summed E-state index contributed by atoms with van der Waals surface area (Å²) in [6.07, 6.45) is -2.61. The van der Waals surface area contributed by atoms with Crippen molar-refractivity contribution in [3.63, 3.8) is 0 Å². The van der Waals surface area contributed by atoms with Gasteiger partial charge in [-0.25, -0.2) is 4.79 Å². The Morgan fingerprint density at radius 1 is 1.35 bits per heavy atom. The van der Waals surface area contributed by atoms with Crippen LogP contribution in [0.2, 0.25) is 0 Å². The van der Waals surface area contributed by atoms with E-state index in [1.165, 1.54) is 0 Å². The second kappa shape index (κ2) is 7.04. The fraction of sp³-hybridized carbons (Fsp3) is 0.375. The summed E-state index contributed by atoms with van der Waals surface area (Å²) in [5.74, 6) is -0.880. The van der Waals surface area contributed by atoms with Crippen LogP contribution in [0.4, 0.5) is 0 Å². The number of esters is 1. The first-order valence-electron chi connectivity index (χ1n) is 5.13. The van der Waals surface area contributed by atoms with Gasteiger partial charge in [-0.15, -0.1) is 0 Å². The van der Waals surface area contributed by atoms with Gasteiger partial charge in [0.1, 0.15) is 11.8 Å². The molecule has 2 atom stereocenters. The molecular weight excluding hydrogens is 308 g/mol. The fourth-order valence-electron chi connectivity index (χ4n) is 1.27. The smallest absolute Gasteiger partial charge is 0.361 e. The summed E-state index contributed by atoms with van der Waals surface area (Å²) >= 11 is 9.10. The average Bonchev–Trinajstić information content (AvgIpc) is 2.69. The number of hydrogen-bond donors (Lipinski definition) is 6. The third-order valence-electron chi connectivity index (χ3n) is 2.04. The highest BCUT2D eigenvalue weighted by Crippen LogP contribution is 2.13. The number of cyclic esters (lactones) is 1. The summed E-state index contributed by atoms with van der Waals surface area (Å²) in [4.78, 5) is 11.6. The van der Waals surface area contributed by atoms with Gasteiger partial charge in [0, 0.05) is 0 Å². The van der Waals surface area contributed by atoms with Crippen LogP contribution in [0.5, 0.6) is 0 Å². The molecule has 1 rings (SSSR count). The molecule has 0 unspecified atom stereocenters. The fourth-order valence-corrected chi connectivity index (χ4v) is 1.36. The van der Waals surface area contributed by atoms with Crippen molar-refractivity contribution < 1.29 is 19.7 Å². The highest BCUT2D eigenvalue weighted by atomic mass is 32.1. The van der Waals surface area contributed by atoms with E-state index < -0.39 is 24.8 Å². The van der Waals surface area contributed by atoms with Crippen molar-refractivity contribution in [2.45, 2.75) is 12.2 Å². The number of aliphatic hydroxyl groups excluding tert-OH is 2. The van der Waals surface area contributed by atoms with Gasteiger partial charge in [-0.1, -0.05) is 0 Å². The van der Waals surface area contributed by atoms with E-state index in [0.717, 1.165) is 0 Å². The third-order valence-corrected chi connectivity index (χ3v) is 2.22.